The Bertz CT molecular complexity index is 1250. The normalized spacial score (nSPS) is 17.7. The van der Waals surface area contributed by atoms with E-state index in [1.54, 1.807) is 0 Å². The second-order valence-electron chi connectivity index (χ2n) is 8.90. The molecule has 0 atom stereocenters. The number of carbonyl (C=O) groups is 2. The van der Waals surface area contributed by atoms with Crippen LogP contribution >= 0.6 is 0 Å². The zero-order valence-electron chi connectivity index (χ0n) is 19.4. The number of piperazine rings is 1. The van der Waals surface area contributed by atoms with Crippen LogP contribution in [-0.2, 0) is 4.79 Å². The molecule has 2 fully saturated rings. The average Bonchev–Trinajstić information content (AvgIpc) is 3.19. The van der Waals surface area contributed by atoms with Gasteiger partial charge in [-0.2, -0.15) is 0 Å². The Morgan fingerprint density at radius 2 is 1.83 bits per heavy atom. The Morgan fingerprint density at radius 3 is 2.57 bits per heavy atom. The standard InChI is InChI=1S/C22H27FN10O2/c1-30-6-8-32(9-7-30)22(35)14-2-4-31(5-3-14)19-16(11-25-13-27-19)28-21(34)17-18(24)29-33-12-15(23)10-26-20(17)33/h10-14H,2-9H2,1H3,(H2,24,29)(H,28,34). The summed E-state index contributed by atoms with van der Waals surface area (Å²) in [4.78, 5) is 44.6. The summed E-state index contributed by atoms with van der Waals surface area (Å²) in [6.07, 6.45) is 6.44. The first kappa shape index (κ1) is 22.9. The van der Waals surface area contributed by atoms with E-state index in [2.05, 4.69) is 37.3 Å². The number of likely N-dealkylation sites (N-methyl/N-ethyl adjacent to an activating group) is 1. The average molecular weight is 483 g/mol. The molecule has 13 heteroatoms. The van der Waals surface area contributed by atoms with Gasteiger partial charge in [0.25, 0.3) is 5.91 Å². The summed E-state index contributed by atoms with van der Waals surface area (Å²) in [5.74, 6) is -0.441. The number of fused-ring (bicyclic) bond motifs is 1. The van der Waals surface area contributed by atoms with Crippen molar-refractivity contribution < 1.29 is 14.0 Å². The van der Waals surface area contributed by atoms with Crippen LogP contribution in [0.15, 0.2) is 24.9 Å². The van der Waals surface area contributed by atoms with Gasteiger partial charge < -0.3 is 25.8 Å². The highest BCUT2D eigenvalue weighted by Crippen LogP contribution is 2.29. The van der Waals surface area contributed by atoms with Crippen LogP contribution in [0.4, 0.5) is 21.7 Å². The number of piperidine rings is 1. The van der Waals surface area contributed by atoms with Crippen LogP contribution in [0.5, 0.6) is 0 Å². The van der Waals surface area contributed by atoms with Gasteiger partial charge in [0.1, 0.15) is 17.6 Å². The third-order valence-electron chi connectivity index (χ3n) is 6.59. The number of nitrogens with two attached hydrogens (primary N) is 1. The van der Waals surface area contributed by atoms with Crippen LogP contribution in [0.25, 0.3) is 5.65 Å². The smallest absolute Gasteiger partial charge is 0.263 e. The Balaban J connectivity index is 1.28. The largest absolute Gasteiger partial charge is 0.381 e. The predicted molar refractivity (Wildman–Crippen MR) is 126 cm³/mol. The molecule has 0 bridgehead atoms. The lowest BCUT2D eigenvalue weighted by atomic mass is 9.95. The summed E-state index contributed by atoms with van der Waals surface area (Å²) in [6, 6.07) is 0. The molecule has 3 aromatic rings. The molecular weight excluding hydrogens is 455 g/mol. The number of amides is 2. The second-order valence-corrected chi connectivity index (χ2v) is 8.90. The molecular formula is C22H27FN10O2. The van der Waals surface area contributed by atoms with Gasteiger partial charge in [-0.25, -0.2) is 23.9 Å². The minimum Gasteiger partial charge on any atom is -0.381 e. The van der Waals surface area contributed by atoms with Crippen LogP contribution in [0.1, 0.15) is 23.2 Å². The van der Waals surface area contributed by atoms with E-state index in [9.17, 15) is 14.0 Å². The Labute approximate surface area is 200 Å². The fourth-order valence-electron chi connectivity index (χ4n) is 4.62. The lowest BCUT2D eigenvalue weighted by Gasteiger charge is -2.38. The van der Waals surface area contributed by atoms with Gasteiger partial charge in [-0.3, -0.25) is 9.59 Å². The SMILES string of the molecule is CN1CCN(C(=O)C2CCN(c3ncncc3NC(=O)c3c(N)nn4cc(F)cnc34)CC2)CC1. The molecule has 2 aliphatic heterocycles. The van der Waals surface area contributed by atoms with Gasteiger partial charge in [-0.15, -0.1) is 5.10 Å². The molecule has 2 saturated heterocycles. The van der Waals surface area contributed by atoms with Crippen molar-refractivity contribution in [2.75, 3.05) is 62.3 Å². The van der Waals surface area contributed by atoms with E-state index in [-0.39, 0.29) is 28.9 Å². The Morgan fingerprint density at radius 1 is 1.09 bits per heavy atom. The lowest BCUT2D eigenvalue weighted by molar-refractivity contribution is -0.137. The quantitative estimate of drug-likeness (QED) is 0.544. The Kier molecular flexibility index (Phi) is 6.16. The minimum atomic E-state index is -0.597. The molecule has 0 aromatic carbocycles. The molecule has 5 heterocycles. The topological polar surface area (TPSA) is 138 Å². The van der Waals surface area contributed by atoms with E-state index in [1.807, 2.05) is 9.80 Å². The molecule has 12 nitrogen and oxygen atoms in total. The summed E-state index contributed by atoms with van der Waals surface area (Å²) < 4.78 is 14.6. The lowest BCUT2D eigenvalue weighted by Crippen LogP contribution is -2.50. The predicted octanol–water partition coefficient (Wildman–Crippen LogP) is 0.483. The number of hydrogen-bond donors (Lipinski definition) is 2. The van der Waals surface area contributed by atoms with Gasteiger partial charge in [-0.1, -0.05) is 0 Å². The van der Waals surface area contributed by atoms with E-state index in [0.717, 1.165) is 43.1 Å². The van der Waals surface area contributed by atoms with E-state index >= 15 is 0 Å². The van der Waals surface area contributed by atoms with Gasteiger partial charge in [0.2, 0.25) is 5.91 Å². The van der Waals surface area contributed by atoms with E-state index in [4.69, 9.17) is 5.73 Å². The monoisotopic (exact) mass is 482 g/mol. The number of nitrogen functional groups attached to an aromatic ring is 1. The maximum atomic E-state index is 13.5. The molecule has 0 saturated carbocycles. The number of halogens is 1. The molecule has 0 spiro atoms. The van der Waals surface area contributed by atoms with E-state index < -0.39 is 11.7 Å². The number of hydrogen-bond acceptors (Lipinski definition) is 9. The summed E-state index contributed by atoms with van der Waals surface area (Å²) in [5.41, 5.74) is 6.50. The van der Waals surface area contributed by atoms with Gasteiger partial charge in [-0.05, 0) is 19.9 Å². The highest BCUT2D eigenvalue weighted by atomic mass is 19.1. The number of rotatable bonds is 4. The number of anilines is 3. The molecule has 2 aliphatic rings. The number of nitrogens with one attached hydrogen (secondary N) is 1. The maximum Gasteiger partial charge on any atom is 0.263 e. The first-order valence-corrected chi connectivity index (χ1v) is 11.5. The zero-order chi connectivity index (χ0) is 24.5. The van der Waals surface area contributed by atoms with E-state index in [0.29, 0.717) is 37.4 Å². The van der Waals surface area contributed by atoms with E-state index in [1.165, 1.54) is 12.5 Å². The Hall–Kier alpha value is -3.87. The van der Waals surface area contributed by atoms with Crippen LogP contribution < -0.4 is 16.0 Å². The molecule has 3 N–H and O–H groups in total. The van der Waals surface area contributed by atoms with Crippen LogP contribution in [0, 0.1) is 11.7 Å². The first-order chi connectivity index (χ1) is 16.9. The molecule has 35 heavy (non-hydrogen) atoms. The van der Waals surface area contributed by atoms with Gasteiger partial charge in [0.15, 0.2) is 23.1 Å². The summed E-state index contributed by atoms with van der Waals surface area (Å²) in [6.45, 7) is 4.59. The fourth-order valence-corrected chi connectivity index (χ4v) is 4.62. The molecule has 2 amide bonds. The van der Waals surface area contributed by atoms with Gasteiger partial charge in [0.05, 0.1) is 18.6 Å². The fraction of sp³-hybridized carbons (Fsp3) is 0.455. The first-order valence-electron chi connectivity index (χ1n) is 11.5. The molecule has 0 aliphatic carbocycles. The number of aromatic nitrogens is 5. The number of carbonyl (C=O) groups excluding carboxylic acids is 2. The maximum absolute atomic E-state index is 13.5. The molecule has 0 unspecified atom stereocenters. The van der Waals surface area contributed by atoms with Crippen molar-refractivity contribution in [2.24, 2.45) is 5.92 Å². The van der Waals surface area contributed by atoms with Crippen molar-refractivity contribution in [3.05, 3.63) is 36.3 Å². The van der Waals surface area contributed by atoms with Crippen LogP contribution in [0.3, 0.4) is 0 Å². The van der Waals surface area contributed by atoms with Crippen LogP contribution in [-0.4, -0.2) is 92.5 Å². The van der Waals surface area contributed by atoms with Crippen LogP contribution in [0.2, 0.25) is 0 Å². The van der Waals surface area contributed by atoms with Crippen molar-refractivity contribution in [1.29, 1.82) is 0 Å². The second kappa shape index (κ2) is 9.41. The molecule has 184 valence electrons. The highest BCUT2D eigenvalue weighted by molar-refractivity contribution is 6.12. The summed E-state index contributed by atoms with van der Waals surface area (Å²) in [5, 5.41) is 6.76. The minimum absolute atomic E-state index is 0.0143. The van der Waals surface area contributed by atoms with Crippen molar-refractivity contribution in [1.82, 2.24) is 34.4 Å². The van der Waals surface area contributed by atoms with Gasteiger partial charge in [0, 0.05) is 45.2 Å². The van der Waals surface area contributed by atoms with Crippen molar-refractivity contribution >= 4 is 34.8 Å². The zero-order valence-corrected chi connectivity index (χ0v) is 19.4. The molecule has 3 aromatic heterocycles. The summed E-state index contributed by atoms with van der Waals surface area (Å²) in [7, 11) is 2.07. The molecule has 5 rings (SSSR count). The molecule has 0 radical (unpaired) electrons. The van der Waals surface area contributed by atoms with Crippen molar-refractivity contribution in [2.45, 2.75) is 12.8 Å². The third-order valence-corrected chi connectivity index (χ3v) is 6.59. The highest BCUT2D eigenvalue weighted by Gasteiger charge is 2.31. The van der Waals surface area contributed by atoms with Crippen molar-refractivity contribution in [3.63, 3.8) is 0 Å². The number of nitrogens with zero attached hydrogens (tertiary/aromatic N) is 8. The summed E-state index contributed by atoms with van der Waals surface area (Å²) >= 11 is 0. The van der Waals surface area contributed by atoms with Crippen molar-refractivity contribution in [3.8, 4) is 0 Å². The third kappa shape index (κ3) is 4.58. The van der Waals surface area contributed by atoms with Gasteiger partial charge >= 0.3 is 0 Å².